The van der Waals surface area contributed by atoms with Gasteiger partial charge in [0.2, 0.25) is 5.91 Å². The van der Waals surface area contributed by atoms with E-state index in [0.29, 0.717) is 22.1 Å². The van der Waals surface area contributed by atoms with Gasteiger partial charge in [-0.1, -0.05) is 0 Å². The van der Waals surface area contributed by atoms with E-state index in [1.54, 1.807) is 42.5 Å². The van der Waals surface area contributed by atoms with Crippen LogP contribution in [0.3, 0.4) is 0 Å². The Morgan fingerprint density at radius 1 is 0.923 bits per heavy atom. The van der Waals surface area contributed by atoms with Gasteiger partial charge >= 0.3 is 0 Å². The second-order valence-electron chi connectivity index (χ2n) is 5.74. The van der Waals surface area contributed by atoms with Crippen LogP contribution >= 0.6 is 0 Å². The zero-order valence-electron chi connectivity index (χ0n) is 13.7. The van der Waals surface area contributed by atoms with Gasteiger partial charge in [-0.15, -0.1) is 0 Å². The number of carbonyl (C=O) groups excluding carboxylic acids is 1. The van der Waals surface area contributed by atoms with E-state index < -0.39 is 10.1 Å². The number of carbonyl (C=O) groups is 1. The van der Waals surface area contributed by atoms with Crippen LogP contribution in [0.25, 0.3) is 10.8 Å². The fourth-order valence-electron chi connectivity index (χ4n) is 2.56. The molecule has 0 spiro atoms. The number of hydrogen-bond acceptors (Lipinski definition) is 5. The maximum Gasteiger partial charge on any atom is 0.294 e. The van der Waals surface area contributed by atoms with E-state index in [-0.39, 0.29) is 16.6 Å². The van der Waals surface area contributed by atoms with Crippen LogP contribution in [0.2, 0.25) is 0 Å². The van der Waals surface area contributed by atoms with E-state index in [1.807, 2.05) is 0 Å². The van der Waals surface area contributed by atoms with Crippen molar-refractivity contribution in [3.63, 3.8) is 0 Å². The molecule has 7 nitrogen and oxygen atoms in total. The van der Waals surface area contributed by atoms with Gasteiger partial charge in [-0.25, -0.2) is 0 Å². The lowest BCUT2D eigenvalue weighted by molar-refractivity contribution is -0.114. The maximum absolute atomic E-state index is 11.3. The van der Waals surface area contributed by atoms with Crippen molar-refractivity contribution in [1.82, 2.24) is 0 Å². The maximum atomic E-state index is 11.3. The van der Waals surface area contributed by atoms with E-state index in [2.05, 4.69) is 10.6 Å². The number of fused-ring (bicyclic) bond motifs is 1. The lowest BCUT2D eigenvalue weighted by Crippen LogP contribution is -2.05. The van der Waals surface area contributed by atoms with Crippen LogP contribution in [-0.2, 0) is 14.9 Å². The van der Waals surface area contributed by atoms with Gasteiger partial charge in [0.05, 0.1) is 4.90 Å². The normalized spacial score (nSPS) is 11.3. The predicted molar refractivity (Wildman–Crippen MR) is 99.5 cm³/mol. The van der Waals surface area contributed by atoms with Gasteiger partial charge in [0.25, 0.3) is 10.1 Å². The summed E-state index contributed by atoms with van der Waals surface area (Å²) in [7, 11) is -4.42. The molecule has 1 amide bonds. The fourth-order valence-corrected chi connectivity index (χ4v) is 3.09. The highest BCUT2D eigenvalue weighted by Gasteiger charge is 2.13. The van der Waals surface area contributed by atoms with Crippen molar-refractivity contribution in [2.24, 2.45) is 0 Å². The molecule has 0 aliphatic rings. The van der Waals surface area contributed by atoms with Gasteiger partial charge in [-0.2, -0.15) is 8.42 Å². The molecule has 0 aromatic heterocycles. The highest BCUT2D eigenvalue weighted by Crippen LogP contribution is 2.31. The quantitative estimate of drug-likeness (QED) is 0.521. The summed E-state index contributed by atoms with van der Waals surface area (Å²) in [6.07, 6.45) is 0. The topological polar surface area (TPSA) is 116 Å². The number of nitrogens with one attached hydrogen (secondary N) is 2. The van der Waals surface area contributed by atoms with Crippen molar-refractivity contribution in [2.75, 3.05) is 10.6 Å². The average molecular weight is 372 g/mol. The minimum atomic E-state index is -4.42. The van der Waals surface area contributed by atoms with Crippen molar-refractivity contribution >= 4 is 43.9 Å². The molecule has 0 bridgehead atoms. The summed E-state index contributed by atoms with van der Waals surface area (Å²) in [6, 6.07) is 14.4. The van der Waals surface area contributed by atoms with Crippen LogP contribution < -0.4 is 10.6 Å². The van der Waals surface area contributed by atoms with Crippen LogP contribution in [-0.4, -0.2) is 24.0 Å². The van der Waals surface area contributed by atoms with Gasteiger partial charge in [-0.05, 0) is 53.9 Å². The Morgan fingerprint density at radius 3 is 2.15 bits per heavy atom. The molecule has 8 heteroatoms. The third kappa shape index (κ3) is 3.93. The second-order valence-corrected chi connectivity index (χ2v) is 7.16. The molecular weight excluding hydrogens is 356 g/mol. The molecule has 3 aromatic rings. The summed E-state index contributed by atoms with van der Waals surface area (Å²) in [5.41, 5.74) is 2.09. The van der Waals surface area contributed by atoms with Gasteiger partial charge in [0.15, 0.2) is 0 Å². The Hall–Kier alpha value is -3.10. The summed E-state index contributed by atoms with van der Waals surface area (Å²) < 4.78 is 31.8. The largest absolute Gasteiger partial charge is 0.507 e. The number of aromatic hydroxyl groups is 1. The Morgan fingerprint density at radius 2 is 1.54 bits per heavy atom. The van der Waals surface area contributed by atoms with Gasteiger partial charge < -0.3 is 15.7 Å². The molecule has 3 aromatic carbocycles. The van der Waals surface area contributed by atoms with Gasteiger partial charge in [-0.3, -0.25) is 9.35 Å². The number of phenols is 1. The summed E-state index contributed by atoms with van der Waals surface area (Å²) >= 11 is 0. The minimum Gasteiger partial charge on any atom is -0.507 e. The second kappa shape index (κ2) is 6.66. The van der Waals surface area contributed by atoms with Crippen LogP contribution in [0, 0.1) is 0 Å². The number of amides is 1. The average Bonchev–Trinajstić information content (AvgIpc) is 2.55. The first-order valence-corrected chi connectivity index (χ1v) is 9.05. The standard InChI is InChI=1S/C18H16N2O5S/c1-11(21)19-13-2-4-14(5-3-13)20-15-6-7-17-12(8-15)9-16(10-18(17)22)26(23,24)25/h2-10,20,22H,1H3,(H,19,21)(H,23,24,25). The van der Waals surface area contributed by atoms with Crippen LogP contribution in [0.1, 0.15) is 6.92 Å². The first-order chi connectivity index (χ1) is 12.2. The van der Waals surface area contributed by atoms with Crippen molar-refractivity contribution in [1.29, 1.82) is 0 Å². The summed E-state index contributed by atoms with van der Waals surface area (Å²) in [6.45, 7) is 1.43. The molecule has 0 aliphatic carbocycles. The van der Waals surface area contributed by atoms with Gasteiger partial charge in [0.1, 0.15) is 5.75 Å². The van der Waals surface area contributed by atoms with E-state index in [9.17, 15) is 22.9 Å². The van der Waals surface area contributed by atoms with E-state index >= 15 is 0 Å². The molecule has 0 fully saturated rings. The molecule has 4 N–H and O–H groups in total. The van der Waals surface area contributed by atoms with E-state index in [0.717, 1.165) is 11.8 Å². The van der Waals surface area contributed by atoms with Crippen LogP contribution in [0.15, 0.2) is 59.5 Å². The summed E-state index contributed by atoms with van der Waals surface area (Å²) in [4.78, 5) is 10.7. The Bertz CT molecular complexity index is 1090. The molecule has 0 aliphatic heterocycles. The molecule has 0 unspecified atom stereocenters. The number of phenolic OH excluding ortho intramolecular Hbond substituents is 1. The van der Waals surface area contributed by atoms with Crippen molar-refractivity contribution in [3.8, 4) is 5.75 Å². The van der Waals surface area contributed by atoms with Crippen molar-refractivity contribution in [3.05, 3.63) is 54.6 Å². The SMILES string of the molecule is CC(=O)Nc1ccc(Nc2ccc3c(O)cc(S(=O)(=O)O)cc3c2)cc1. The van der Waals surface area contributed by atoms with E-state index in [4.69, 9.17) is 0 Å². The van der Waals surface area contributed by atoms with Crippen LogP contribution in [0.4, 0.5) is 17.1 Å². The van der Waals surface area contributed by atoms with Crippen molar-refractivity contribution < 1.29 is 22.9 Å². The van der Waals surface area contributed by atoms with Crippen molar-refractivity contribution in [2.45, 2.75) is 11.8 Å². The highest BCUT2D eigenvalue weighted by atomic mass is 32.2. The Kier molecular flexibility index (Phi) is 4.54. The first-order valence-electron chi connectivity index (χ1n) is 7.61. The fraction of sp³-hybridized carbons (Fsp3) is 0.0556. The zero-order valence-corrected chi connectivity index (χ0v) is 14.5. The smallest absolute Gasteiger partial charge is 0.294 e. The van der Waals surface area contributed by atoms with E-state index in [1.165, 1.54) is 13.0 Å². The number of benzene rings is 3. The predicted octanol–water partition coefficient (Wildman–Crippen LogP) is 3.49. The molecule has 0 heterocycles. The minimum absolute atomic E-state index is 0.158. The summed E-state index contributed by atoms with van der Waals surface area (Å²) in [5, 5.41) is 16.7. The van der Waals surface area contributed by atoms with Gasteiger partial charge in [0, 0.05) is 35.4 Å². The number of hydrogen-bond donors (Lipinski definition) is 4. The molecule has 26 heavy (non-hydrogen) atoms. The molecule has 134 valence electrons. The molecule has 0 saturated carbocycles. The monoisotopic (exact) mass is 372 g/mol. The summed E-state index contributed by atoms with van der Waals surface area (Å²) in [5.74, 6) is -0.393. The molecule has 0 saturated heterocycles. The molecule has 0 radical (unpaired) electrons. The Balaban J connectivity index is 1.92. The Labute approximate surface area is 150 Å². The third-order valence-electron chi connectivity index (χ3n) is 3.70. The highest BCUT2D eigenvalue weighted by molar-refractivity contribution is 7.85. The lowest BCUT2D eigenvalue weighted by Gasteiger charge is -2.10. The number of anilines is 3. The molecule has 3 rings (SSSR count). The first kappa shape index (κ1) is 17.7. The lowest BCUT2D eigenvalue weighted by atomic mass is 10.1. The molecular formula is C18H16N2O5S. The molecule has 0 atom stereocenters. The number of rotatable bonds is 4. The van der Waals surface area contributed by atoms with Crippen LogP contribution in [0.5, 0.6) is 5.75 Å². The zero-order chi connectivity index (χ0) is 18.9. The third-order valence-corrected chi connectivity index (χ3v) is 4.53.